The highest BCUT2D eigenvalue weighted by atomic mass is 16.5. The van der Waals surface area contributed by atoms with E-state index in [1.165, 1.54) is 0 Å². The second kappa shape index (κ2) is 7.05. The smallest absolute Gasteiger partial charge is 0.146 e. The van der Waals surface area contributed by atoms with Crippen LogP contribution in [0, 0.1) is 0 Å². The molecule has 0 aliphatic rings. The Kier molecular flexibility index (Phi) is 4.66. The molecule has 3 rings (SSSR count). The maximum absolute atomic E-state index is 5.98. The molecule has 0 spiro atoms. The van der Waals surface area contributed by atoms with Gasteiger partial charge in [0.1, 0.15) is 17.9 Å². The van der Waals surface area contributed by atoms with Gasteiger partial charge < -0.3 is 10.5 Å². The van der Waals surface area contributed by atoms with E-state index in [4.69, 9.17) is 15.5 Å². The minimum atomic E-state index is 0.550. The summed E-state index contributed by atoms with van der Waals surface area (Å²) in [6, 6.07) is 20.4. The molecule has 1 aromatic heterocycles. The highest BCUT2D eigenvalue weighted by Gasteiger charge is 2.05. The van der Waals surface area contributed by atoms with E-state index in [1.807, 2.05) is 30.3 Å². The van der Waals surface area contributed by atoms with Crippen molar-refractivity contribution in [3.05, 3.63) is 71.9 Å². The fourth-order valence-electron chi connectivity index (χ4n) is 2.43. The van der Waals surface area contributed by atoms with E-state index in [9.17, 15) is 0 Å². The Balaban J connectivity index is 1.84. The summed E-state index contributed by atoms with van der Waals surface area (Å²) in [6.45, 7) is 1.24. The molecule has 3 aromatic rings. The van der Waals surface area contributed by atoms with Crippen LogP contribution in [0.3, 0.4) is 0 Å². The van der Waals surface area contributed by atoms with Crippen LogP contribution < -0.4 is 10.5 Å². The lowest BCUT2D eigenvalue weighted by atomic mass is 10.1. The maximum atomic E-state index is 5.98. The van der Waals surface area contributed by atoms with Gasteiger partial charge in [-0.25, -0.2) is 4.98 Å². The van der Waals surface area contributed by atoms with Gasteiger partial charge in [-0.1, -0.05) is 48.5 Å². The molecular weight excluding hydrogens is 272 g/mol. The molecule has 0 saturated carbocycles. The zero-order chi connectivity index (χ0) is 15.2. The largest absolute Gasteiger partial charge is 0.487 e. The van der Waals surface area contributed by atoms with Gasteiger partial charge in [-0.3, -0.25) is 0 Å². The molecule has 22 heavy (non-hydrogen) atoms. The van der Waals surface area contributed by atoms with E-state index in [2.05, 4.69) is 30.3 Å². The van der Waals surface area contributed by atoms with Crippen LogP contribution in [0.1, 0.15) is 17.7 Å². The molecular formula is C19H20N2O. The van der Waals surface area contributed by atoms with Crippen LogP contribution >= 0.6 is 0 Å². The van der Waals surface area contributed by atoms with Crippen molar-refractivity contribution in [1.29, 1.82) is 0 Å². The summed E-state index contributed by atoms with van der Waals surface area (Å²) in [6.07, 6.45) is 1.85. The van der Waals surface area contributed by atoms with Crippen molar-refractivity contribution in [2.75, 3.05) is 6.54 Å². The number of aryl methyl sites for hydroxylation is 1. The number of fused-ring (bicyclic) bond motifs is 1. The summed E-state index contributed by atoms with van der Waals surface area (Å²) in [5, 5.41) is 1.10. The molecule has 0 fully saturated rings. The first-order chi connectivity index (χ1) is 10.9. The predicted molar refractivity (Wildman–Crippen MR) is 89.9 cm³/mol. The molecule has 0 atom stereocenters. The summed E-state index contributed by atoms with van der Waals surface area (Å²) >= 11 is 0. The van der Waals surface area contributed by atoms with Gasteiger partial charge in [0, 0.05) is 11.1 Å². The van der Waals surface area contributed by atoms with Gasteiger partial charge in [-0.05, 0) is 37.1 Å². The van der Waals surface area contributed by atoms with Gasteiger partial charge in [0.2, 0.25) is 0 Å². The first kappa shape index (κ1) is 14.5. The van der Waals surface area contributed by atoms with E-state index in [1.54, 1.807) is 0 Å². The molecule has 2 N–H and O–H groups in total. The zero-order valence-electron chi connectivity index (χ0n) is 12.5. The van der Waals surface area contributed by atoms with Crippen LogP contribution in [-0.2, 0) is 13.0 Å². The average Bonchev–Trinajstić information content (AvgIpc) is 2.59. The van der Waals surface area contributed by atoms with Crippen molar-refractivity contribution in [2.24, 2.45) is 5.73 Å². The van der Waals surface area contributed by atoms with Crippen molar-refractivity contribution in [2.45, 2.75) is 19.4 Å². The fraction of sp³-hybridized carbons (Fsp3) is 0.211. The third-order valence-corrected chi connectivity index (χ3v) is 3.62. The lowest BCUT2D eigenvalue weighted by molar-refractivity contribution is 0.309. The molecule has 0 aliphatic carbocycles. The number of para-hydroxylation sites is 1. The minimum Gasteiger partial charge on any atom is -0.487 e. The molecule has 0 saturated heterocycles. The van der Waals surface area contributed by atoms with Crippen LogP contribution in [0.2, 0.25) is 0 Å². The number of hydrogen-bond acceptors (Lipinski definition) is 3. The van der Waals surface area contributed by atoms with Crippen LogP contribution in [0.25, 0.3) is 10.9 Å². The van der Waals surface area contributed by atoms with Crippen LogP contribution in [-0.4, -0.2) is 11.5 Å². The Bertz CT molecular complexity index is 741. The van der Waals surface area contributed by atoms with Crippen LogP contribution in [0.15, 0.2) is 60.7 Å². The first-order valence-corrected chi connectivity index (χ1v) is 7.62. The number of pyridine rings is 1. The standard InChI is InChI=1S/C19H20N2O/c20-13-5-9-17-12-11-16-8-4-10-18(19(16)21-17)22-14-15-6-2-1-3-7-15/h1-4,6-8,10-12H,5,9,13-14,20H2. The number of ether oxygens (including phenoxy) is 1. The molecule has 112 valence electrons. The molecule has 0 amide bonds. The van der Waals surface area contributed by atoms with E-state index in [0.717, 1.165) is 40.8 Å². The van der Waals surface area contributed by atoms with Gasteiger partial charge in [0.05, 0.1) is 0 Å². The number of nitrogens with two attached hydrogens (primary N) is 1. The van der Waals surface area contributed by atoms with E-state index in [-0.39, 0.29) is 0 Å². The maximum Gasteiger partial charge on any atom is 0.146 e. The molecule has 1 heterocycles. The molecule has 3 heteroatoms. The lowest BCUT2D eigenvalue weighted by Gasteiger charge is -2.10. The average molecular weight is 292 g/mol. The van der Waals surface area contributed by atoms with Crippen molar-refractivity contribution in [1.82, 2.24) is 4.98 Å². The van der Waals surface area contributed by atoms with Gasteiger partial charge in [-0.2, -0.15) is 0 Å². The second-order valence-electron chi connectivity index (χ2n) is 5.30. The van der Waals surface area contributed by atoms with E-state index in [0.29, 0.717) is 13.2 Å². The Morgan fingerprint density at radius 3 is 2.59 bits per heavy atom. The third-order valence-electron chi connectivity index (χ3n) is 3.62. The summed E-state index contributed by atoms with van der Waals surface area (Å²) in [4.78, 5) is 4.74. The third kappa shape index (κ3) is 3.43. The summed E-state index contributed by atoms with van der Waals surface area (Å²) in [5.74, 6) is 0.830. The Hall–Kier alpha value is -2.39. The normalized spacial score (nSPS) is 10.8. The highest BCUT2D eigenvalue weighted by Crippen LogP contribution is 2.25. The van der Waals surface area contributed by atoms with Crippen molar-refractivity contribution >= 4 is 10.9 Å². The Labute approximate surface area is 130 Å². The van der Waals surface area contributed by atoms with Gasteiger partial charge >= 0.3 is 0 Å². The molecule has 0 radical (unpaired) electrons. The second-order valence-corrected chi connectivity index (χ2v) is 5.30. The molecule has 0 aliphatic heterocycles. The van der Waals surface area contributed by atoms with E-state index >= 15 is 0 Å². The fourth-order valence-corrected chi connectivity index (χ4v) is 2.43. The Morgan fingerprint density at radius 2 is 1.77 bits per heavy atom. The summed E-state index contributed by atoms with van der Waals surface area (Å²) in [7, 11) is 0. The van der Waals surface area contributed by atoms with E-state index < -0.39 is 0 Å². The van der Waals surface area contributed by atoms with Crippen molar-refractivity contribution in [3.8, 4) is 5.75 Å². The quantitative estimate of drug-likeness (QED) is 0.753. The highest BCUT2D eigenvalue weighted by molar-refractivity contribution is 5.84. The SMILES string of the molecule is NCCCc1ccc2cccc(OCc3ccccc3)c2n1. The van der Waals surface area contributed by atoms with Crippen molar-refractivity contribution < 1.29 is 4.74 Å². The molecule has 2 aromatic carbocycles. The number of benzene rings is 2. The summed E-state index contributed by atoms with van der Waals surface area (Å²) < 4.78 is 5.98. The number of hydrogen-bond donors (Lipinski definition) is 1. The summed E-state index contributed by atoms with van der Waals surface area (Å²) in [5.41, 5.74) is 8.72. The van der Waals surface area contributed by atoms with Gasteiger partial charge in [0.25, 0.3) is 0 Å². The number of aromatic nitrogens is 1. The van der Waals surface area contributed by atoms with Crippen LogP contribution in [0.5, 0.6) is 5.75 Å². The lowest BCUT2D eigenvalue weighted by Crippen LogP contribution is -2.02. The van der Waals surface area contributed by atoms with Crippen molar-refractivity contribution in [3.63, 3.8) is 0 Å². The van der Waals surface area contributed by atoms with Crippen LogP contribution in [0.4, 0.5) is 0 Å². The monoisotopic (exact) mass is 292 g/mol. The Morgan fingerprint density at radius 1 is 0.909 bits per heavy atom. The number of nitrogens with zero attached hydrogens (tertiary/aromatic N) is 1. The molecule has 0 bridgehead atoms. The molecule has 0 unspecified atom stereocenters. The predicted octanol–water partition coefficient (Wildman–Crippen LogP) is 3.71. The van der Waals surface area contributed by atoms with Gasteiger partial charge in [-0.15, -0.1) is 0 Å². The minimum absolute atomic E-state index is 0.550. The topological polar surface area (TPSA) is 48.1 Å². The zero-order valence-corrected chi connectivity index (χ0v) is 12.5. The number of rotatable bonds is 6. The van der Waals surface area contributed by atoms with Gasteiger partial charge in [0.15, 0.2) is 0 Å². The first-order valence-electron chi connectivity index (χ1n) is 7.62. The molecule has 3 nitrogen and oxygen atoms in total.